The molecule has 1 N–H and O–H groups in total. The average Bonchev–Trinajstić information content (AvgIpc) is 2.28. The van der Waals surface area contributed by atoms with Crippen molar-refractivity contribution < 1.29 is 19.4 Å². The lowest BCUT2D eigenvalue weighted by Crippen LogP contribution is -2.07. The van der Waals surface area contributed by atoms with Crippen molar-refractivity contribution >= 4 is 17.6 Å². The van der Waals surface area contributed by atoms with Gasteiger partial charge in [0.2, 0.25) is 0 Å². The molecule has 0 heterocycles. The van der Waals surface area contributed by atoms with Crippen LogP contribution in [0.2, 0.25) is 5.02 Å². The summed E-state index contributed by atoms with van der Waals surface area (Å²) in [5.74, 6) is -0.507. The first-order valence-corrected chi connectivity index (χ1v) is 5.76. The van der Waals surface area contributed by atoms with Crippen LogP contribution in [0.3, 0.4) is 0 Å². The van der Waals surface area contributed by atoms with Gasteiger partial charge in [-0.05, 0) is 24.6 Å². The summed E-state index contributed by atoms with van der Waals surface area (Å²) < 4.78 is 10.6. The van der Waals surface area contributed by atoms with Crippen LogP contribution in [-0.2, 0) is 4.74 Å². The molecular weight excluding hydrogens is 244 g/mol. The number of ether oxygens (including phenoxy) is 2. The van der Waals surface area contributed by atoms with E-state index >= 15 is 0 Å². The third-order valence-corrected chi connectivity index (χ3v) is 2.33. The molecule has 0 spiro atoms. The molecular formula is C12H15ClO4. The second-order valence-corrected chi connectivity index (χ2v) is 3.81. The molecule has 0 fully saturated rings. The van der Waals surface area contributed by atoms with E-state index in [9.17, 15) is 4.79 Å². The predicted octanol–water partition coefficient (Wildman–Crippen LogP) is 2.84. The maximum atomic E-state index is 10.7. The number of rotatable bonds is 7. The fraction of sp³-hybridized carbons (Fsp3) is 0.417. The first kappa shape index (κ1) is 13.8. The van der Waals surface area contributed by atoms with Gasteiger partial charge in [-0.25, -0.2) is 4.79 Å². The highest BCUT2D eigenvalue weighted by Crippen LogP contribution is 2.22. The highest BCUT2D eigenvalue weighted by atomic mass is 35.5. The Morgan fingerprint density at radius 1 is 1.35 bits per heavy atom. The van der Waals surface area contributed by atoms with Gasteiger partial charge in [-0.15, -0.1) is 0 Å². The zero-order chi connectivity index (χ0) is 12.7. The number of hydrogen-bond acceptors (Lipinski definition) is 3. The van der Waals surface area contributed by atoms with Crippen LogP contribution in [0.25, 0.3) is 0 Å². The molecule has 0 aliphatic rings. The van der Waals surface area contributed by atoms with Crippen molar-refractivity contribution in [3.8, 4) is 5.75 Å². The van der Waals surface area contributed by atoms with Gasteiger partial charge in [-0.1, -0.05) is 18.5 Å². The molecule has 0 radical (unpaired) electrons. The molecule has 17 heavy (non-hydrogen) atoms. The summed E-state index contributed by atoms with van der Waals surface area (Å²) in [6.07, 6.45) is 0.971. The molecule has 0 bridgehead atoms. The van der Waals surface area contributed by atoms with E-state index < -0.39 is 5.97 Å². The van der Waals surface area contributed by atoms with Crippen molar-refractivity contribution in [1.82, 2.24) is 0 Å². The zero-order valence-corrected chi connectivity index (χ0v) is 10.4. The van der Waals surface area contributed by atoms with E-state index in [2.05, 4.69) is 0 Å². The third kappa shape index (κ3) is 4.63. The topological polar surface area (TPSA) is 55.8 Å². The summed E-state index contributed by atoms with van der Waals surface area (Å²) >= 11 is 5.79. The molecule has 4 nitrogen and oxygen atoms in total. The van der Waals surface area contributed by atoms with Crippen molar-refractivity contribution in [1.29, 1.82) is 0 Å². The Kier molecular flexibility index (Phi) is 5.80. The fourth-order valence-electron chi connectivity index (χ4n) is 1.22. The highest BCUT2D eigenvalue weighted by Gasteiger charge is 2.09. The number of benzene rings is 1. The molecule has 5 heteroatoms. The highest BCUT2D eigenvalue weighted by molar-refractivity contribution is 6.33. The Morgan fingerprint density at radius 3 is 2.71 bits per heavy atom. The number of carbonyl (C=O) groups is 1. The van der Waals surface area contributed by atoms with Crippen molar-refractivity contribution in [3.63, 3.8) is 0 Å². The van der Waals surface area contributed by atoms with E-state index in [1.54, 1.807) is 6.07 Å². The van der Waals surface area contributed by atoms with Crippen LogP contribution in [0.5, 0.6) is 5.75 Å². The molecule has 94 valence electrons. The second kappa shape index (κ2) is 7.14. The van der Waals surface area contributed by atoms with Crippen LogP contribution < -0.4 is 4.74 Å². The van der Waals surface area contributed by atoms with E-state index in [-0.39, 0.29) is 10.6 Å². The number of hydrogen-bond donors (Lipinski definition) is 1. The predicted molar refractivity (Wildman–Crippen MR) is 65.0 cm³/mol. The van der Waals surface area contributed by atoms with Crippen molar-refractivity contribution in [2.24, 2.45) is 0 Å². The summed E-state index contributed by atoms with van der Waals surface area (Å²) in [6, 6.07) is 4.49. The summed E-state index contributed by atoms with van der Waals surface area (Å²) in [6.45, 7) is 3.67. The normalized spacial score (nSPS) is 10.2. The third-order valence-electron chi connectivity index (χ3n) is 2.02. The Bertz CT molecular complexity index is 379. The lowest BCUT2D eigenvalue weighted by molar-refractivity contribution is 0.0697. The van der Waals surface area contributed by atoms with Crippen molar-refractivity contribution in [2.75, 3.05) is 19.8 Å². The summed E-state index contributed by atoms with van der Waals surface area (Å²) in [5.41, 5.74) is 0.0706. The fourth-order valence-corrected chi connectivity index (χ4v) is 1.48. The van der Waals surface area contributed by atoms with E-state index in [0.717, 1.165) is 6.42 Å². The van der Waals surface area contributed by atoms with Gasteiger partial charge in [0.05, 0.1) is 17.2 Å². The minimum absolute atomic E-state index is 0.0706. The number of aromatic carboxylic acids is 1. The molecule has 0 aromatic heterocycles. The van der Waals surface area contributed by atoms with Gasteiger partial charge in [0.25, 0.3) is 0 Å². The summed E-state index contributed by atoms with van der Waals surface area (Å²) in [7, 11) is 0. The van der Waals surface area contributed by atoms with Crippen LogP contribution in [0.4, 0.5) is 0 Å². The van der Waals surface area contributed by atoms with Crippen LogP contribution >= 0.6 is 11.6 Å². The molecule has 0 atom stereocenters. The molecule has 0 amide bonds. The number of carboxylic acids is 1. The van der Waals surface area contributed by atoms with Crippen LogP contribution in [0.15, 0.2) is 18.2 Å². The quantitative estimate of drug-likeness (QED) is 0.764. The Hall–Kier alpha value is -1.26. The van der Waals surface area contributed by atoms with Gasteiger partial charge in [0.15, 0.2) is 0 Å². The molecule has 1 aromatic carbocycles. The largest absolute Gasteiger partial charge is 0.491 e. The standard InChI is InChI=1S/C12H15ClO4/c1-2-5-16-6-7-17-9-3-4-10(12(14)15)11(13)8-9/h3-4,8H,2,5-7H2,1H3,(H,14,15). The Labute approximate surface area is 105 Å². The summed E-state index contributed by atoms with van der Waals surface area (Å²) in [5, 5.41) is 8.96. The van der Waals surface area contributed by atoms with E-state index in [0.29, 0.717) is 25.6 Å². The van der Waals surface area contributed by atoms with Gasteiger partial charge in [0.1, 0.15) is 12.4 Å². The number of halogens is 1. The molecule has 0 aliphatic carbocycles. The number of carboxylic acid groups (broad SMARTS) is 1. The zero-order valence-electron chi connectivity index (χ0n) is 9.61. The Morgan fingerprint density at radius 2 is 2.12 bits per heavy atom. The van der Waals surface area contributed by atoms with Gasteiger partial charge < -0.3 is 14.6 Å². The lowest BCUT2D eigenvalue weighted by Gasteiger charge is -2.07. The molecule has 0 saturated heterocycles. The van der Waals surface area contributed by atoms with E-state index in [1.807, 2.05) is 6.92 Å². The maximum absolute atomic E-state index is 10.7. The second-order valence-electron chi connectivity index (χ2n) is 3.41. The average molecular weight is 259 g/mol. The molecule has 0 unspecified atom stereocenters. The molecule has 0 saturated carbocycles. The minimum atomic E-state index is -1.05. The summed E-state index contributed by atoms with van der Waals surface area (Å²) in [4.78, 5) is 10.7. The van der Waals surface area contributed by atoms with Crippen LogP contribution in [-0.4, -0.2) is 30.9 Å². The van der Waals surface area contributed by atoms with Gasteiger partial charge in [-0.3, -0.25) is 0 Å². The molecule has 1 rings (SSSR count). The first-order valence-electron chi connectivity index (χ1n) is 5.38. The Balaban J connectivity index is 2.45. The first-order chi connectivity index (χ1) is 8.15. The van der Waals surface area contributed by atoms with Gasteiger partial charge in [-0.2, -0.15) is 0 Å². The van der Waals surface area contributed by atoms with Gasteiger partial charge >= 0.3 is 5.97 Å². The minimum Gasteiger partial charge on any atom is -0.491 e. The van der Waals surface area contributed by atoms with Crippen LogP contribution in [0.1, 0.15) is 23.7 Å². The van der Waals surface area contributed by atoms with E-state index in [4.69, 9.17) is 26.2 Å². The van der Waals surface area contributed by atoms with Crippen LogP contribution in [0, 0.1) is 0 Å². The van der Waals surface area contributed by atoms with Crippen molar-refractivity contribution in [2.45, 2.75) is 13.3 Å². The monoisotopic (exact) mass is 258 g/mol. The maximum Gasteiger partial charge on any atom is 0.337 e. The smallest absolute Gasteiger partial charge is 0.337 e. The molecule has 1 aromatic rings. The van der Waals surface area contributed by atoms with Crippen molar-refractivity contribution in [3.05, 3.63) is 28.8 Å². The lowest BCUT2D eigenvalue weighted by atomic mass is 10.2. The molecule has 0 aliphatic heterocycles. The van der Waals surface area contributed by atoms with Gasteiger partial charge in [0, 0.05) is 6.61 Å². The van der Waals surface area contributed by atoms with E-state index in [1.165, 1.54) is 12.1 Å². The SMILES string of the molecule is CCCOCCOc1ccc(C(=O)O)c(Cl)c1.